The van der Waals surface area contributed by atoms with Gasteiger partial charge in [-0.15, -0.1) is 6.42 Å². The van der Waals surface area contributed by atoms with E-state index in [9.17, 15) is 4.79 Å². The van der Waals surface area contributed by atoms with Crippen molar-refractivity contribution in [1.82, 2.24) is 9.78 Å². The fourth-order valence-electron chi connectivity index (χ4n) is 1.56. The molecule has 0 fully saturated rings. The Kier molecular flexibility index (Phi) is 3.02. The highest BCUT2D eigenvalue weighted by atomic mass is 16.2. The van der Waals surface area contributed by atoms with Crippen LogP contribution in [-0.2, 0) is 7.05 Å². The maximum absolute atomic E-state index is 11.9. The molecule has 1 amide bonds. The highest BCUT2D eigenvalue weighted by Gasteiger charge is 2.14. The van der Waals surface area contributed by atoms with Crippen LogP contribution in [0.3, 0.4) is 0 Å². The van der Waals surface area contributed by atoms with Crippen molar-refractivity contribution in [2.24, 2.45) is 7.05 Å². The van der Waals surface area contributed by atoms with Crippen LogP contribution in [0.4, 0.5) is 11.4 Å². The number of aryl methyl sites for hydroxylation is 1. The molecule has 0 aliphatic carbocycles. The summed E-state index contributed by atoms with van der Waals surface area (Å²) in [5, 5.41) is 6.68. The average molecular weight is 240 g/mol. The summed E-state index contributed by atoms with van der Waals surface area (Å²) < 4.78 is 1.49. The molecule has 0 bridgehead atoms. The third kappa shape index (κ3) is 2.33. The summed E-state index contributed by atoms with van der Waals surface area (Å²) in [6.45, 7) is 0. The Hall–Kier alpha value is -2.74. The lowest BCUT2D eigenvalue weighted by molar-refractivity contribution is 0.102. The van der Waals surface area contributed by atoms with Crippen molar-refractivity contribution in [3.63, 3.8) is 0 Å². The smallest absolute Gasteiger partial charge is 0.278 e. The third-order valence-electron chi connectivity index (χ3n) is 2.36. The van der Waals surface area contributed by atoms with Crippen molar-refractivity contribution in [3.8, 4) is 12.3 Å². The average Bonchev–Trinajstić information content (AvgIpc) is 2.69. The van der Waals surface area contributed by atoms with Gasteiger partial charge >= 0.3 is 0 Å². The molecule has 0 saturated heterocycles. The first-order valence-corrected chi connectivity index (χ1v) is 5.27. The van der Waals surface area contributed by atoms with Gasteiger partial charge in [0.05, 0.1) is 5.69 Å². The predicted octanol–water partition coefficient (Wildman–Crippen LogP) is 1.24. The van der Waals surface area contributed by atoms with E-state index in [1.165, 1.54) is 4.68 Å². The zero-order chi connectivity index (χ0) is 13.1. The second kappa shape index (κ2) is 4.63. The molecule has 1 heterocycles. The number of aromatic nitrogens is 2. The predicted molar refractivity (Wildman–Crippen MR) is 70.0 cm³/mol. The number of hydrogen-bond acceptors (Lipinski definition) is 3. The second-order valence-corrected chi connectivity index (χ2v) is 3.79. The summed E-state index contributed by atoms with van der Waals surface area (Å²) in [7, 11) is 1.70. The highest BCUT2D eigenvalue weighted by molar-refractivity contribution is 6.06. The van der Waals surface area contributed by atoms with E-state index in [-0.39, 0.29) is 11.6 Å². The highest BCUT2D eigenvalue weighted by Crippen LogP contribution is 2.14. The molecule has 5 nitrogen and oxygen atoms in total. The first kappa shape index (κ1) is 11.7. The number of nitrogen functional groups attached to an aromatic ring is 1. The number of terminal acetylenes is 1. The molecule has 0 radical (unpaired) electrons. The molecule has 2 rings (SSSR count). The fraction of sp³-hybridized carbons (Fsp3) is 0.0769. The van der Waals surface area contributed by atoms with E-state index in [1.807, 2.05) is 0 Å². The van der Waals surface area contributed by atoms with E-state index in [4.69, 9.17) is 12.2 Å². The van der Waals surface area contributed by atoms with Crippen molar-refractivity contribution in [2.75, 3.05) is 11.1 Å². The number of hydrogen-bond donors (Lipinski definition) is 2. The lowest BCUT2D eigenvalue weighted by atomic mass is 10.2. The molecule has 0 aliphatic heterocycles. The maximum Gasteiger partial charge on any atom is 0.278 e. The van der Waals surface area contributed by atoms with Crippen LogP contribution < -0.4 is 11.1 Å². The minimum Gasteiger partial charge on any atom is -0.396 e. The molecule has 0 unspecified atom stereocenters. The second-order valence-electron chi connectivity index (χ2n) is 3.79. The topological polar surface area (TPSA) is 72.9 Å². The number of amides is 1. The van der Waals surface area contributed by atoms with E-state index >= 15 is 0 Å². The molecule has 90 valence electrons. The molecule has 3 N–H and O–H groups in total. The fourth-order valence-corrected chi connectivity index (χ4v) is 1.56. The van der Waals surface area contributed by atoms with Crippen molar-refractivity contribution >= 4 is 17.3 Å². The van der Waals surface area contributed by atoms with Gasteiger partial charge in [0.15, 0.2) is 5.69 Å². The van der Waals surface area contributed by atoms with Crippen molar-refractivity contribution < 1.29 is 4.79 Å². The molecular formula is C13H12N4O. The first-order chi connectivity index (χ1) is 8.60. The standard InChI is InChI=1S/C13H12N4O/c1-3-9-5-4-6-10(7-9)15-13(18)12-11(14)8-17(2)16-12/h1,4-8H,14H2,2H3,(H,15,18). The number of nitrogens with two attached hydrogens (primary N) is 1. The van der Waals surface area contributed by atoms with Gasteiger partial charge in [0.2, 0.25) is 0 Å². The normalized spacial score (nSPS) is 9.78. The summed E-state index contributed by atoms with van der Waals surface area (Å²) >= 11 is 0. The zero-order valence-corrected chi connectivity index (χ0v) is 9.84. The van der Waals surface area contributed by atoms with Crippen molar-refractivity contribution in [1.29, 1.82) is 0 Å². The summed E-state index contributed by atoms with van der Waals surface area (Å²) in [5.74, 6) is 2.14. The van der Waals surface area contributed by atoms with Gasteiger partial charge in [-0.2, -0.15) is 5.10 Å². The van der Waals surface area contributed by atoms with E-state index in [0.717, 1.165) is 0 Å². The molecule has 0 aliphatic rings. The Labute approximate surface area is 105 Å². The van der Waals surface area contributed by atoms with Crippen molar-refractivity contribution in [2.45, 2.75) is 0 Å². The number of carbonyl (C=O) groups excluding carboxylic acids is 1. The van der Waals surface area contributed by atoms with Gasteiger partial charge in [0, 0.05) is 24.5 Å². The van der Waals surface area contributed by atoms with E-state index in [0.29, 0.717) is 16.9 Å². The zero-order valence-electron chi connectivity index (χ0n) is 9.84. The molecule has 0 atom stereocenters. The van der Waals surface area contributed by atoms with Crippen LogP contribution in [0.25, 0.3) is 0 Å². The van der Waals surface area contributed by atoms with Gasteiger partial charge in [0.1, 0.15) is 0 Å². The van der Waals surface area contributed by atoms with Crippen LogP contribution in [-0.4, -0.2) is 15.7 Å². The molecule has 18 heavy (non-hydrogen) atoms. The number of rotatable bonds is 2. The summed E-state index contributed by atoms with van der Waals surface area (Å²) in [6, 6.07) is 7.01. The Morgan fingerprint density at radius 1 is 1.56 bits per heavy atom. The van der Waals surface area contributed by atoms with Gasteiger partial charge in [-0.25, -0.2) is 0 Å². The molecule has 0 saturated carbocycles. The Morgan fingerprint density at radius 3 is 2.94 bits per heavy atom. The minimum absolute atomic E-state index is 0.198. The van der Waals surface area contributed by atoms with Crippen molar-refractivity contribution in [3.05, 3.63) is 41.7 Å². The maximum atomic E-state index is 11.9. The summed E-state index contributed by atoms with van der Waals surface area (Å²) in [6.07, 6.45) is 6.87. The van der Waals surface area contributed by atoms with Crippen LogP contribution >= 0.6 is 0 Å². The van der Waals surface area contributed by atoms with E-state index in [2.05, 4.69) is 16.3 Å². The van der Waals surface area contributed by atoms with E-state index in [1.54, 1.807) is 37.5 Å². The number of nitrogens with zero attached hydrogens (tertiary/aromatic N) is 2. The number of benzene rings is 1. The van der Waals surface area contributed by atoms with Gasteiger partial charge in [0.25, 0.3) is 5.91 Å². The molecule has 2 aromatic rings. The molecule has 1 aromatic carbocycles. The molecule has 1 aromatic heterocycles. The lowest BCUT2D eigenvalue weighted by Gasteiger charge is -2.04. The van der Waals surface area contributed by atoms with Gasteiger partial charge < -0.3 is 11.1 Å². The van der Waals surface area contributed by atoms with Crippen LogP contribution in [0.1, 0.15) is 16.1 Å². The van der Waals surface area contributed by atoms with Gasteiger partial charge in [-0.1, -0.05) is 12.0 Å². The Morgan fingerprint density at radius 2 is 2.33 bits per heavy atom. The molecule has 0 spiro atoms. The summed E-state index contributed by atoms with van der Waals surface area (Å²) in [4.78, 5) is 11.9. The van der Waals surface area contributed by atoms with Gasteiger partial charge in [-0.3, -0.25) is 9.48 Å². The molecular weight excluding hydrogens is 228 g/mol. The summed E-state index contributed by atoms with van der Waals surface area (Å²) in [5.41, 5.74) is 7.52. The van der Waals surface area contributed by atoms with Gasteiger partial charge in [-0.05, 0) is 18.2 Å². The largest absolute Gasteiger partial charge is 0.396 e. The van der Waals surface area contributed by atoms with Crippen LogP contribution in [0, 0.1) is 12.3 Å². The SMILES string of the molecule is C#Cc1cccc(NC(=O)c2nn(C)cc2N)c1. The first-order valence-electron chi connectivity index (χ1n) is 5.27. The van der Waals surface area contributed by atoms with Crippen LogP contribution in [0.15, 0.2) is 30.5 Å². The molecule has 5 heteroatoms. The quantitative estimate of drug-likeness (QED) is 0.775. The Bertz CT molecular complexity index is 637. The minimum atomic E-state index is -0.359. The number of nitrogens with one attached hydrogen (secondary N) is 1. The monoisotopic (exact) mass is 240 g/mol. The van der Waals surface area contributed by atoms with E-state index < -0.39 is 0 Å². The number of anilines is 2. The Balaban J connectivity index is 2.21. The number of carbonyl (C=O) groups is 1. The lowest BCUT2D eigenvalue weighted by Crippen LogP contribution is -2.14. The third-order valence-corrected chi connectivity index (χ3v) is 2.36. The van der Waals surface area contributed by atoms with Crippen LogP contribution in [0.2, 0.25) is 0 Å². The van der Waals surface area contributed by atoms with Crippen LogP contribution in [0.5, 0.6) is 0 Å².